The van der Waals surface area contributed by atoms with E-state index in [1.165, 1.54) is 11.4 Å². The number of hydrogen-bond acceptors (Lipinski definition) is 4. The van der Waals surface area contributed by atoms with Crippen molar-refractivity contribution in [2.75, 3.05) is 32.1 Å². The van der Waals surface area contributed by atoms with Crippen molar-refractivity contribution < 1.29 is 17.9 Å². The molecule has 0 atom stereocenters. The van der Waals surface area contributed by atoms with Gasteiger partial charge in [-0.3, -0.25) is 4.79 Å². The van der Waals surface area contributed by atoms with Gasteiger partial charge < -0.3 is 9.64 Å². The summed E-state index contributed by atoms with van der Waals surface area (Å²) in [5.74, 6) is 0.181. The molecule has 3 rings (SSSR count). The second-order valence-electron chi connectivity index (χ2n) is 7.07. The normalized spacial score (nSPS) is 16.0. The van der Waals surface area contributed by atoms with Crippen molar-refractivity contribution in [3.05, 3.63) is 54.1 Å². The van der Waals surface area contributed by atoms with Crippen LogP contribution in [0.2, 0.25) is 0 Å². The molecule has 1 amide bonds. The predicted octanol–water partition coefficient (Wildman–Crippen LogP) is 3.07. The van der Waals surface area contributed by atoms with Crippen LogP contribution in [0, 0.1) is 12.8 Å². The summed E-state index contributed by atoms with van der Waals surface area (Å²) >= 11 is 0. The Morgan fingerprint density at radius 2 is 1.75 bits per heavy atom. The van der Waals surface area contributed by atoms with Crippen LogP contribution < -0.4 is 9.64 Å². The number of hydrogen-bond donors (Lipinski definition) is 0. The number of para-hydroxylation sites is 1. The Bertz CT molecular complexity index is 936. The van der Waals surface area contributed by atoms with Crippen LogP contribution in [0.25, 0.3) is 0 Å². The standard InChI is InChI=1S/C21H26N2O4S/c1-16-9-10-19(27-3)20(15-16)28(25,26)23-13-11-17(12-14-23)21(24)22(2)18-7-5-4-6-8-18/h4-10,15,17H,11-14H2,1-3H3. The summed E-state index contributed by atoms with van der Waals surface area (Å²) in [6, 6.07) is 14.6. The molecule has 28 heavy (non-hydrogen) atoms. The molecule has 0 aromatic heterocycles. The van der Waals surface area contributed by atoms with Gasteiger partial charge in [0.15, 0.2) is 0 Å². The maximum atomic E-state index is 13.1. The first-order chi connectivity index (χ1) is 13.3. The Hall–Kier alpha value is -2.38. The van der Waals surface area contributed by atoms with Crippen molar-refractivity contribution in [1.82, 2.24) is 4.31 Å². The third-order valence-electron chi connectivity index (χ3n) is 5.21. The molecule has 1 fully saturated rings. The van der Waals surface area contributed by atoms with Gasteiger partial charge in [0, 0.05) is 31.7 Å². The predicted molar refractivity (Wildman–Crippen MR) is 109 cm³/mol. The lowest BCUT2D eigenvalue weighted by molar-refractivity contribution is -0.123. The van der Waals surface area contributed by atoms with E-state index in [4.69, 9.17) is 4.74 Å². The number of aryl methyl sites for hydroxylation is 1. The lowest BCUT2D eigenvalue weighted by Gasteiger charge is -2.32. The number of nitrogens with zero attached hydrogens (tertiary/aromatic N) is 2. The quantitative estimate of drug-likeness (QED) is 0.771. The number of carbonyl (C=O) groups excluding carboxylic acids is 1. The fourth-order valence-electron chi connectivity index (χ4n) is 3.52. The first kappa shape index (κ1) is 20.4. The number of methoxy groups -OCH3 is 1. The van der Waals surface area contributed by atoms with Gasteiger partial charge in [-0.25, -0.2) is 8.42 Å². The minimum Gasteiger partial charge on any atom is -0.495 e. The zero-order chi connectivity index (χ0) is 20.3. The maximum Gasteiger partial charge on any atom is 0.246 e. The number of amides is 1. The van der Waals surface area contributed by atoms with E-state index >= 15 is 0 Å². The van der Waals surface area contributed by atoms with Crippen molar-refractivity contribution >= 4 is 21.6 Å². The molecule has 0 N–H and O–H groups in total. The number of piperidine rings is 1. The SMILES string of the molecule is COc1ccc(C)cc1S(=O)(=O)N1CCC(C(=O)N(C)c2ccccc2)CC1. The molecule has 2 aromatic carbocycles. The molecule has 0 saturated carbocycles. The first-order valence-electron chi connectivity index (χ1n) is 9.32. The van der Waals surface area contributed by atoms with E-state index in [0.29, 0.717) is 31.7 Å². The van der Waals surface area contributed by atoms with Gasteiger partial charge in [0.05, 0.1) is 7.11 Å². The van der Waals surface area contributed by atoms with Crippen molar-refractivity contribution in [3.8, 4) is 5.75 Å². The summed E-state index contributed by atoms with van der Waals surface area (Å²) in [6.07, 6.45) is 1.01. The molecule has 1 aliphatic rings. The molecular weight excluding hydrogens is 376 g/mol. The third kappa shape index (κ3) is 4.05. The van der Waals surface area contributed by atoms with Gasteiger partial charge in [-0.05, 0) is 49.6 Å². The number of ether oxygens (including phenoxy) is 1. The topological polar surface area (TPSA) is 66.9 Å². The maximum absolute atomic E-state index is 13.1. The van der Waals surface area contributed by atoms with E-state index in [1.54, 1.807) is 24.1 Å². The van der Waals surface area contributed by atoms with Gasteiger partial charge in [-0.1, -0.05) is 24.3 Å². The first-order valence-corrected chi connectivity index (χ1v) is 10.8. The highest BCUT2D eigenvalue weighted by molar-refractivity contribution is 7.89. The van der Waals surface area contributed by atoms with Gasteiger partial charge in [0.25, 0.3) is 0 Å². The summed E-state index contributed by atoms with van der Waals surface area (Å²) in [6.45, 7) is 2.49. The van der Waals surface area contributed by atoms with Crippen LogP contribution >= 0.6 is 0 Å². The molecule has 0 bridgehead atoms. The van der Waals surface area contributed by atoms with Gasteiger partial charge in [-0.2, -0.15) is 4.31 Å². The molecule has 0 radical (unpaired) electrons. The molecule has 0 spiro atoms. The van der Waals surface area contributed by atoms with Crippen LogP contribution in [0.15, 0.2) is 53.4 Å². The summed E-state index contributed by atoms with van der Waals surface area (Å²) in [4.78, 5) is 14.6. The Morgan fingerprint density at radius 1 is 1.11 bits per heavy atom. The third-order valence-corrected chi connectivity index (χ3v) is 7.13. The Kier molecular flexibility index (Phi) is 6.05. The summed E-state index contributed by atoms with van der Waals surface area (Å²) in [5, 5.41) is 0. The van der Waals surface area contributed by atoms with E-state index < -0.39 is 10.0 Å². The van der Waals surface area contributed by atoms with Crippen LogP contribution in [-0.2, 0) is 14.8 Å². The highest BCUT2D eigenvalue weighted by Gasteiger charge is 2.34. The molecule has 1 heterocycles. The Labute approximate surface area is 166 Å². The number of rotatable bonds is 5. The van der Waals surface area contributed by atoms with Crippen LogP contribution in [0.5, 0.6) is 5.75 Å². The van der Waals surface area contributed by atoms with Crippen molar-refractivity contribution in [3.63, 3.8) is 0 Å². The molecule has 0 unspecified atom stereocenters. The average Bonchev–Trinajstić information content (AvgIpc) is 2.73. The van der Waals surface area contributed by atoms with Gasteiger partial charge in [-0.15, -0.1) is 0 Å². The number of sulfonamides is 1. The molecule has 0 aliphatic carbocycles. The number of benzene rings is 2. The number of carbonyl (C=O) groups is 1. The molecular formula is C21H26N2O4S. The Morgan fingerprint density at radius 3 is 2.36 bits per heavy atom. The lowest BCUT2D eigenvalue weighted by Crippen LogP contribution is -2.43. The van der Waals surface area contributed by atoms with E-state index in [0.717, 1.165) is 11.3 Å². The minimum absolute atomic E-state index is 0.0244. The second-order valence-corrected chi connectivity index (χ2v) is 8.97. The zero-order valence-corrected chi connectivity index (χ0v) is 17.3. The smallest absolute Gasteiger partial charge is 0.246 e. The summed E-state index contributed by atoms with van der Waals surface area (Å²) in [5.41, 5.74) is 1.70. The molecule has 7 heteroatoms. The van der Waals surface area contributed by atoms with E-state index in [-0.39, 0.29) is 16.7 Å². The van der Waals surface area contributed by atoms with Crippen molar-refractivity contribution in [2.24, 2.45) is 5.92 Å². The van der Waals surface area contributed by atoms with Crippen LogP contribution in [0.4, 0.5) is 5.69 Å². The largest absolute Gasteiger partial charge is 0.495 e. The fraction of sp³-hybridized carbons (Fsp3) is 0.381. The second kappa shape index (κ2) is 8.32. The number of anilines is 1. The highest BCUT2D eigenvalue weighted by atomic mass is 32.2. The highest BCUT2D eigenvalue weighted by Crippen LogP contribution is 2.31. The summed E-state index contributed by atoms with van der Waals surface area (Å²) < 4.78 is 32.9. The van der Waals surface area contributed by atoms with Gasteiger partial charge >= 0.3 is 0 Å². The minimum atomic E-state index is -3.67. The van der Waals surface area contributed by atoms with Gasteiger partial charge in [0.2, 0.25) is 15.9 Å². The van der Waals surface area contributed by atoms with Crippen LogP contribution in [0.3, 0.4) is 0 Å². The molecule has 150 valence electrons. The molecule has 1 aliphatic heterocycles. The zero-order valence-electron chi connectivity index (χ0n) is 16.5. The van der Waals surface area contributed by atoms with E-state index in [1.807, 2.05) is 43.3 Å². The fourth-order valence-corrected chi connectivity index (χ4v) is 5.23. The van der Waals surface area contributed by atoms with E-state index in [9.17, 15) is 13.2 Å². The average molecular weight is 403 g/mol. The summed E-state index contributed by atoms with van der Waals surface area (Å²) in [7, 11) is -0.437. The molecule has 6 nitrogen and oxygen atoms in total. The Balaban J connectivity index is 1.71. The lowest BCUT2D eigenvalue weighted by atomic mass is 9.96. The molecule has 2 aromatic rings. The van der Waals surface area contributed by atoms with Gasteiger partial charge in [0.1, 0.15) is 10.6 Å². The van der Waals surface area contributed by atoms with Crippen LogP contribution in [0.1, 0.15) is 18.4 Å². The van der Waals surface area contributed by atoms with E-state index in [2.05, 4.69) is 0 Å². The van der Waals surface area contributed by atoms with Crippen LogP contribution in [-0.4, -0.2) is 45.9 Å². The van der Waals surface area contributed by atoms with Crippen molar-refractivity contribution in [1.29, 1.82) is 0 Å². The van der Waals surface area contributed by atoms with Crippen molar-refractivity contribution in [2.45, 2.75) is 24.7 Å². The monoisotopic (exact) mass is 402 g/mol. The molecule has 1 saturated heterocycles.